The third kappa shape index (κ3) is 6.68. The molecule has 0 radical (unpaired) electrons. The average Bonchev–Trinajstić information content (AvgIpc) is 3.20. The van der Waals surface area contributed by atoms with Crippen molar-refractivity contribution in [1.82, 2.24) is 5.32 Å². The van der Waals surface area contributed by atoms with Crippen LogP contribution in [-0.2, 0) is 4.74 Å². The van der Waals surface area contributed by atoms with Crippen molar-refractivity contribution in [3.05, 3.63) is 94.2 Å². The number of hydrogen-bond acceptors (Lipinski definition) is 6. The van der Waals surface area contributed by atoms with Crippen molar-refractivity contribution in [3.63, 3.8) is 0 Å². The summed E-state index contributed by atoms with van der Waals surface area (Å²) in [6, 6.07) is 15.1. The molecule has 202 valence electrons. The van der Waals surface area contributed by atoms with Crippen molar-refractivity contribution in [2.75, 3.05) is 28.6 Å². The number of carbonyl (C=O) groups excluding carboxylic acids is 2. The van der Waals surface area contributed by atoms with E-state index in [1.807, 2.05) is 0 Å². The molecule has 0 unspecified atom stereocenters. The number of amides is 2. The van der Waals surface area contributed by atoms with Gasteiger partial charge in [-0.1, -0.05) is 30.4 Å². The van der Waals surface area contributed by atoms with E-state index in [0.717, 1.165) is 23.1 Å². The second-order valence-electron chi connectivity index (χ2n) is 8.29. The minimum absolute atomic E-state index is 0.0425. The molecule has 0 saturated carbocycles. The number of cyclic esters (lactones) is 1. The highest BCUT2D eigenvalue weighted by Crippen LogP contribution is 2.30. The molecule has 1 fully saturated rings. The van der Waals surface area contributed by atoms with Gasteiger partial charge in [-0.05, 0) is 36.4 Å². The summed E-state index contributed by atoms with van der Waals surface area (Å²) in [5.74, 6) is -2.61. The fourth-order valence-electron chi connectivity index (χ4n) is 3.65. The van der Waals surface area contributed by atoms with Gasteiger partial charge in [0.1, 0.15) is 16.8 Å². The van der Waals surface area contributed by atoms with E-state index < -0.39 is 52.3 Å². The van der Waals surface area contributed by atoms with Gasteiger partial charge in [-0.3, -0.25) is 14.5 Å². The highest BCUT2D eigenvalue weighted by atomic mass is 32.1. The van der Waals surface area contributed by atoms with E-state index in [1.165, 1.54) is 18.2 Å². The van der Waals surface area contributed by atoms with Crippen LogP contribution in [0.25, 0.3) is 0 Å². The first kappa shape index (κ1) is 27.5. The van der Waals surface area contributed by atoms with Crippen LogP contribution < -0.4 is 26.3 Å². The molecule has 0 aromatic heterocycles. The second-order valence-corrected chi connectivity index (χ2v) is 8.73. The number of nitrogens with zero attached hydrogens (tertiary/aromatic N) is 1. The minimum atomic E-state index is -2.87. The molecule has 0 spiro atoms. The SMILES string of the molecule is O=C(Nc1ccc(Nc2c(F)cc(N3C[C@H](CNC(=S)C(F)F)OC3=O)cc2F)ccc1=O)c1ccccc1. The van der Waals surface area contributed by atoms with Crippen LogP contribution in [-0.4, -0.2) is 42.6 Å². The standard InChI is InChI=1S/C26H20F4N4O4S/c27-18-10-16(34-13-17(38-26(34)37)12-31-25(39)23(29)30)11-19(28)22(18)32-15-6-8-20(21(35)9-7-15)33-24(36)14-4-2-1-3-5-14/h1-11,17,23,32H,12-13H2,(H,31,39)(H,33,35,36)/t17-/m0/s1. The van der Waals surface area contributed by atoms with E-state index in [0.29, 0.717) is 5.56 Å². The lowest BCUT2D eigenvalue weighted by molar-refractivity contribution is 0.102. The van der Waals surface area contributed by atoms with Gasteiger partial charge in [0.2, 0.25) is 5.43 Å². The van der Waals surface area contributed by atoms with Gasteiger partial charge in [-0.2, -0.15) is 0 Å². The van der Waals surface area contributed by atoms with Gasteiger partial charge in [0, 0.05) is 23.4 Å². The topological polar surface area (TPSA) is 99.8 Å². The monoisotopic (exact) mass is 560 g/mol. The van der Waals surface area contributed by atoms with E-state index in [1.54, 1.807) is 30.3 Å². The smallest absolute Gasteiger partial charge is 0.414 e. The predicted octanol–water partition coefficient (Wildman–Crippen LogP) is 4.83. The summed E-state index contributed by atoms with van der Waals surface area (Å²) >= 11 is 4.47. The molecule has 1 atom stereocenters. The quantitative estimate of drug-likeness (QED) is 0.268. The van der Waals surface area contributed by atoms with Gasteiger partial charge in [0.25, 0.3) is 12.3 Å². The summed E-state index contributed by atoms with van der Waals surface area (Å²) in [5, 5.41) is 7.33. The minimum Gasteiger partial charge on any atom is -0.442 e. The molecular weight excluding hydrogens is 540 g/mol. The third-order valence-electron chi connectivity index (χ3n) is 5.58. The van der Waals surface area contributed by atoms with Gasteiger partial charge in [0.05, 0.1) is 24.5 Å². The number of hydrogen-bond donors (Lipinski definition) is 3. The molecule has 0 bridgehead atoms. The molecule has 0 aliphatic carbocycles. The van der Waals surface area contributed by atoms with E-state index in [4.69, 9.17) is 4.74 Å². The zero-order valence-electron chi connectivity index (χ0n) is 19.9. The second kappa shape index (κ2) is 11.9. The van der Waals surface area contributed by atoms with Gasteiger partial charge in [0.15, 0.2) is 11.6 Å². The number of nitrogens with one attached hydrogen (secondary N) is 3. The lowest BCUT2D eigenvalue weighted by Gasteiger charge is -2.16. The zero-order chi connectivity index (χ0) is 28.1. The fourth-order valence-corrected chi connectivity index (χ4v) is 3.73. The Balaban J connectivity index is 1.47. The average molecular weight is 561 g/mol. The van der Waals surface area contributed by atoms with Gasteiger partial charge in [-0.25, -0.2) is 22.4 Å². The Morgan fingerprint density at radius 1 is 1.03 bits per heavy atom. The first-order chi connectivity index (χ1) is 18.6. The maximum absolute atomic E-state index is 14.9. The van der Waals surface area contributed by atoms with Crippen LogP contribution in [0.2, 0.25) is 0 Å². The van der Waals surface area contributed by atoms with Crippen LogP contribution in [0.4, 0.5) is 45.1 Å². The van der Waals surface area contributed by atoms with Gasteiger partial charge >= 0.3 is 6.09 Å². The summed E-state index contributed by atoms with van der Waals surface area (Å²) < 4.78 is 60.0. The number of ether oxygens (including phenoxy) is 1. The summed E-state index contributed by atoms with van der Waals surface area (Å²) in [6.45, 7) is -0.349. The van der Waals surface area contributed by atoms with E-state index in [-0.39, 0.29) is 30.2 Å². The Hall–Kier alpha value is -4.52. The molecule has 39 heavy (non-hydrogen) atoms. The number of halogens is 4. The third-order valence-corrected chi connectivity index (χ3v) is 5.90. The summed E-state index contributed by atoms with van der Waals surface area (Å²) in [4.78, 5) is 37.2. The van der Waals surface area contributed by atoms with Crippen LogP contribution in [0.1, 0.15) is 10.4 Å². The molecule has 4 rings (SSSR count). The molecule has 3 N–H and O–H groups in total. The molecule has 1 aliphatic heterocycles. The summed E-state index contributed by atoms with van der Waals surface area (Å²) in [7, 11) is 0. The normalized spacial score (nSPS) is 14.6. The van der Waals surface area contributed by atoms with Gasteiger partial charge in [-0.15, -0.1) is 0 Å². The van der Waals surface area contributed by atoms with Crippen molar-refractivity contribution in [3.8, 4) is 0 Å². The summed E-state index contributed by atoms with van der Waals surface area (Å²) in [5.41, 5.74) is -0.800. The van der Waals surface area contributed by atoms with Crippen LogP contribution in [0.15, 0.2) is 71.5 Å². The largest absolute Gasteiger partial charge is 0.442 e. The number of anilines is 4. The van der Waals surface area contributed by atoms with E-state index in [2.05, 4.69) is 28.2 Å². The molecule has 8 nitrogen and oxygen atoms in total. The van der Waals surface area contributed by atoms with Crippen molar-refractivity contribution in [1.29, 1.82) is 0 Å². The Morgan fingerprint density at radius 3 is 2.36 bits per heavy atom. The first-order valence-corrected chi connectivity index (χ1v) is 11.8. The number of thiocarbonyl (C=S) groups is 1. The van der Waals surface area contributed by atoms with Crippen LogP contribution >= 0.6 is 12.2 Å². The van der Waals surface area contributed by atoms with Crippen molar-refractivity contribution in [2.24, 2.45) is 0 Å². The van der Waals surface area contributed by atoms with Crippen LogP contribution in [0.5, 0.6) is 0 Å². The highest BCUT2D eigenvalue weighted by Gasteiger charge is 2.33. The lowest BCUT2D eigenvalue weighted by atomic mass is 10.2. The zero-order valence-corrected chi connectivity index (χ0v) is 20.7. The van der Waals surface area contributed by atoms with E-state index >= 15 is 0 Å². The maximum atomic E-state index is 14.9. The fraction of sp³-hybridized carbons (Fsp3) is 0.154. The number of benzene rings is 2. The lowest BCUT2D eigenvalue weighted by Crippen LogP contribution is -2.36. The molecular formula is C26H20F4N4O4S. The molecule has 1 saturated heterocycles. The molecule has 3 aromatic carbocycles. The molecule has 2 amide bonds. The Bertz CT molecular complexity index is 1450. The predicted molar refractivity (Wildman–Crippen MR) is 141 cm³/mol. The maximum Gasteiger partial charge on any atom is 0.414 e. The summed E-state index contributed by atoms with van der Waals surface area (Å²) in [6.07, 6.45) is -4.66. The van der Waals surface area contributed by atoms with Crippen molar-refractivity contribution in [2.45, 2.75) is 12.5 Å². The molecule has 13 heteroatoms. The Kier molecular flexibility index (Phi) is 8.39. The van der Waals surface area contributed by atoms with Crippen molar-refractivity contribution >= 4 is 52.0 Å². The molecule has 1 heterocycles. The first-order valence-electron chi connectivity index (χ1n) is 11.4. The van der Waals surface area contributed by atoms with Crippen LogP contribution in [0.3, 0.4) is 0 Å². The highest BCUT2D eigenvalue weighted by molar-refractivity contribution is 7.80. The molecule has 3 aromatic rings. The van der Waals surface area contributed by atoms with Crippen LogP contribution in [0, 0.1) is 11.6 Å². The van der Waals surface area contributed by atoms with Crippen molar-refractivity contribution < 1.29 is 31.9 Å². The molecule has 1 aliphatic rings. The number of rotatable bonds is 8. The van der Waals surface area contributed by atoms with Gasteiger partial charge < -0.3 is 20.7 Å². The number of alkyl halides is 2. The number of carbonyl (C=O) groups is 2. The Morgan fingerprint density at radius 2 is 1.69 bits per heavy atom. The Labute approximate surface area is 224 Å². The van der Waals surface area contributed by atoms with E-state index in [9.17, 15) is 31.9 Å².